The molecule has 1 amide bonds. The Kier molecular flexibility index (Phi) is 5.75. The lowest BCUT2D eigenvalue weighted by molar-refractivity contribution is -0.114. The number of nitrogens with zero attached hydrogens (tertiary/aromatic N) is 3. The average Bonchev–Trinajstić information content (AvgIpc) is 2.88. The van der Waals surface area contributed by atoms with Crippen LogP contribution in [0.5, 0.6) is 0 Å². The van der Waals surface area contributed by atoms with Crippen LogP contribution in [0.4, 0.5) is 17.3 Å². The number of rotatable bonds is 5. The van der Waals surface area contributed by atoms with Gasteiger partial charge in [-0.2, -0.15) is 0 Å². The third-order valence-corrected chi connectivity index (χ3v) is 5.74. The van der Waals surface area contributed by atoms with Gasteiger partial charge in [0.2, 0.25) is 5.91 Å². The summed E-state index contributed by atoms with van der Waals surface area (Å²) < 4.78 is 0. The van der Waals surface area contributed by atoms with E-state index in [1.165, 1.54) is 6.92 Å². The molecule has 5 nitrogen and oxygen atoms in total. The average molecular weight is 445 g/mol. The lowest BCUT2D eigenvalue weighted by Gasteiger charge is -2.22. The maximum absolute atomic E-state index is 11.4. The minimum atomic E-state index is -0.0932. The molecule has 0 aliphatic heterocycles. The minimum absolute atomic E-state index is 0.0932. The number of anilines is 3. The Morgan fingerprint density at radius 1 is 0.824 bits per heavy atom. The first-order chi connectivity index (χ1) is 16.6. The summed E-state index contributed by atoms with van der Waals surface area (Å²) in [4.78, 5) is 23.1. The van der Waals surface area contributed by atoms with E-state index in [4.69, 9.17) is 4.98 Å². The molecule has 0 atom stereocenters. The number of nitrogens with one attached hydrogen (secondary N) is 1. The first kappa shape index (κ1) is 21.3. The highest BCUT2D eigenvalue weighted by molar-refractivity contribution is 6.06. The highest BCUT2D eigenvalue weighted by Gasteiger charge is 2.17. The first-order valence-corrected chi connectivity index (χ1v) is 11.1. The van der Waals surface area contributed by atoms with Crippen LogP contribution in [-0.2, 0) is 4.79 Å². The van der Waals surface area contributed by atoms with Gasteiger partial charge in [-0.15, -0.1) is 0 Å². The molecular formula is C29H24N4O. The summed E-state index contributed by atoms with van der Waals surface area (Å²) in [6.45, 7) is 1.50. The molecule has 2 heterocycles. The van der Waals surface area contributed by atoms with Crippen molar-refractivity contribution in [2.75, 3.05) is 17.3 Å². The predicted molar refractivity (Wildman–Crippen MR) is 139 cm³/mol. The van der Waals surface area contributed by atoms with Gasteiger partial charge in [0.1, 0.15) is 11.6 Å². The number of aromatic nitrogens is 2. The van der Waals surface area contributed by atoms with Gasteiger partial charge in [0.05, 0.1) is 5.69 Å². The van der Waals surface area contributed by atoms with Crippen molar-refractivity contribution >= 4 is 34.0 Å². The number of amides is 1. The van der Waals surface area contributed by atoms with Crippen LogP contribution in [0.2, 0.25) is 0 Å². The Balaban J connectivity index is 1.72. The third kappa shape index (κ3) is 4.24. The molecule has 34 heavy (non-hydrogen) atoms. The summed E-state index contributed by atoms with van der Waals surface area (Å²) in [7, 11) is 2.00. The fourth-order valence-electron chi connectivity index (χ4n) is 4.13. The van der Waals surface area contributed by atoms with Crippen LogP contribution in [-0.4, -0.2) is 22.9 Å². The van der Waals surface area contributed by atoms with E-state index in [0.717, 1.165) is 50.5 Å². The molecule has 5 rings (SSSR count). The predicted octanol–water partition coefficient (Wildman–Crippen LogP) is 6.69. The quantitative estimate of drug-likeness (QED) is 0.328. The van der Waals surface area contributed by atoms with Crippen LogP contribution >= 0.6 is 0 Å². The molecule has 2 aromatic heterocycles. The zero-order valence-electron chi connectivity index (χ0n) is 19.1. The van der Waals surface area contributed by atoms with E-state index in [0.29, 0.717) is 0 Å². The summed E-state index contributed by atoms with van der Waals surface area (Å²) in [5.74, 6) is 1.55. The van der Waals surface area contributed by atoms with Gasteiger partial charge in [-0.3, -0.25) is 4.79 Å². The van der Waals surface area contributed by atoms with Crippen LogP contribution in [0.3, 0.4) is 0 Å². The molecule has 0 aliphatic rings. The molecule has 166 valence electrons. The maximum atomic E-state index is 11.4. The second kappa shape index (κ2) is 9.16. The van der Waals surface area contributed by atoms with Gasteiger partial charge in [-0.25, -0.2) is 9.97 Å². The molecule has 0 saturated carbocycles. The zero-order chi connectivity index (χ0) is 23.5. The molecule has 5 aromatic rings. The van der Waals surface area contributed by atoms with Crippen LogP contribution < -0.4 is 10.2 Å². The number of carbonyl (C=O) groups is 1. The standard InChI is InChI=1S/C29H24N4O/c1-20(34)31-24-16-14-22(15-17-24)26-19-23-11-8-12-25(21-9-4-3-5-10-21)28(23)29(32-26)33(2)27-13-6-7-18-30-27/h3-19H,1-2H3,(H,31,34). The number of pyridine rings is 2. The molecule has 0 bridgehead atoms. The Hall–Kier alpha value is -4.51. The molecule has 3 aromatic carbocycles. The van der Waals surface area contributed by atoms with E-state index in [-0.39, 0.29) is 5.91 Å². The summed E-state index contributed by atoms with van der Waals surface area (Å²) in [6, 6.07) is 32.4. The number of fused-ring (bicyclic) bond motifs is 1. The van der Waals surface area contributed by atoms with Gasteiger partial charge < -0.3 is 10.2 Å². The lowest BCUT2D eigenvalue weighted by atomic mass is 9.97. The van der Waals surface area contributed by atoms with Gasteiger partial charge in [-0.1, -0.05) is 66.7 Å². The minimum Gasteiger partial charge on any atom is -0.326 e. The second-order valence-electron chi connectivity index (χ2n) is 8.11. The molecular weight excluding hydrogens is 420 g/mol. The number of hydrogen-bond donors (Lipinski definition) is 1. The van der Waals surface area contributed by atoms with Gasteiger partial charge in [0, 0.05) is 36.8 Å². The lowest BCUT2D eigenvalue weighted by Crippen LogP contribution is -2.14. The van der Waals surface area contributed by atoms with Gasteiger partial charge >= 0.3 is 0 Å². The fourth-order valence-corrected chi connectivity index (χ4v) is 4.13. The van der Waals surface area contributed by atoms with Crippen LogP contribution in [0.15, 0.2) is 103 Å². The monoisotopic (exact) mass is 444 g/mol. The highest BCUT2D eigenvalue weighted by Crippen LogP contribution is 2.38. The SMILES string of the molecule is CC(=O)Nc1ccc(-c2cc3cccc(-c4ccccc4)c3c(N(C)c3ccccn3)n2)cc1. The van der Waals surface area contributed by atoms with Gasteiger partial charge in [-0.05, 0) is 46.8 Å². The van der Waals surface area contributed by atoms with E-state index in [2.05, 4.69) is 58.8 Å². The fraction of sp³-hybridized carbons (Fsp3) is 0.0690. The molecule has 0 radical (unpaired) electrons. The number of carbonyl (C=O) groups excluding carboxylic acids is 1. The van der Waals surface area contributed by atoms with E-state index in [9.17, 15) is 4.79 Å². The Morgan fingerprint density at radius 3 is 2.29 bits per heavy atom. The highest BCUT2D eigenvalue weighted by atomic mass is 16.1. The van der Waals surface area contributed by atoms with Crippen molar-refractivity contribution in [3.05, 3.63) is 103 Å². The normalized spacial score (nSPS) is 10.8. The van der Waals surface area contributed by atoms with E-state index in [1.807, 2.05) is 60.5 Å². The van der Waals surface area contributed by atoms with Crippen LogP contribution in [0.25, 0.3) is 33.2 Å². The van der Waals surface area contributed by atoms with Crippen molar-refractivity contribution < 1.29 is 4.79 Å². The molecule has 0 fully saturated rings. The summed E-state index contributed by atoms with van der Waals surface area (Å²) in [5, 5.41) is 4.98. The third-order valence-electron chi connectivity index (χ3n) is 5.74. The van der Waals surface area contributed by atoms with E-state index in [1.54, 1.807) is 6.20 Å². The smallest absolute Gasteiger partial charge is 0.221 e. The summed E-state index contributed by atoms with van der Waals surface area (Å²) in [6.07, 6.45) is 1.79. The second-order valence-corrected chi connectivity index (χ2v) is 8.11. The van der Waals surface area contributed by atoms with E-state index < -0.39 is 0 Å². The molecule has 0 aliphatic carbocycles. The Labute approximate surface area is 198 Å². The Morgan fingerprint density at radius 2 is 1.59 bits per heavy atom. The van der Waals surface area contributed by atoms with Crippen molar-refractivity contribution in [1.29, 1.82) is 0 Å². The summed E-state index contributed by atoms with van der Waals surface area (Å²) >= 11 is 0. The van der Waals surface area contributed by atoms with Crippen LogP contribution in [0, 0.1) is 0 Å². The maximum Gasteiger partial charge on any atom is 0.221 e. The Bertz CT molecular complexity index is 1450. The molecule has 1 N–H and O–H groups in total. The van der Waals surface area contributed by atoms with Crippen LogP contribution in [0.1, 0.15) is 6.92 Å². The van der Waals surface area contributed by atoms with Crippen molar-refractivity contribution in [2.24, 2.45) is 0 Å². The number of hydrogen-bond acceptors (Lipinski definition) is 4. The summed E-state index contributed by atoms with van der Waals surface area (Å²) in [5.41, 5.74) is 4.84. The van der Waals surface area contributed by atoms with Gasteiger partial charge in [0.15, 0.2) is 0 Å². The van der Waals surface area contributed by atoms with Crippen molar-refractivity contribution in [1.82, 2.24) is 9.97 Å². The number of benzene rings is 3. The molecule has 5 heteroatoms. The topological polar surface area (TPSA) is 58.1 Å². The van der Waals surface area contributed by atoms with Crippen molar-refractivity contribution in [3.63, 3.8) is 0 Å². The molecule has 0 saturated heterocycles. The molecule has 0 spiro atoms. The van der Waals surface area contributed by atoms with Crippen molar-refractivity contribution in [3.8, 4) is 22.4 Å². The van der Waals surface area contributed by atoms with Crippen molar-refractivity contribution in [2.45, 2.75) is 6.92 Å². The first-order valence-electron chi connectivity index (χ1n) is 11.1. The zero-order valence-corrected chi connectivity index (χ0v) is 19.1. The van der Waals surface area contributed by atoms with Gasteiger partial charge in [0.25, 0.3) is 0 Å². The largest absolute Gasteiger partial charge is 0.326 e. The van der Waals surface area contributed by atoms with E-state index >= 15 is 0 Å². The molecule has 0 unspecified atom stereocenters.